The van der Waals surface area contributed by atoms with Crippen LogP contribution in [0.15, 0.2) is 11.4 Å². The van der Waals surface area contributed by atoms with Gasteiger partial charge in [0, 0.05) is 12.8 Å². The van der Waals surface area contributed by atoms with Gasteiger partial charge in [-0.05, 0) is 11.3 Å². The summed E-state index contributed by atoms with van der Waals surface area (Å²) in [6, 6.07) is 0. The Bertz CT molecular complexity index is 605. The largest absolute Gasteiger partial charge is 0.358 e. The maximum Gasteiger partial charge on any atom is 0.343 e. The van der Waals surface area contributed by atoms with Crippen LogP contribution >= 0.6 is 11.8 Å². The molecule has 0 radical (unpaired) electrons. The molecular weight excluding hydrogens is 268 g/mol. The molecule has 0 aliphatic carbocycles. The van der Waals surface area contributed by atoms with Crippen LogP contribution in [0.1, 0.15) is 13.3 Å². The first-order valence-corrected chi connectivity index (χ1v) is 6.73. The van der Waals surface area contributed by atoms with Crippen LogP contribution in [-0.4, -0.2) is 35.0 Å². The molecule has 0 bridgehead atoms. The van der Waals surface area contributed by atoms with E-state index in [1.54, 1.807) is 23.4 Å². The molecule has 0 unspecified atom stereocenters. The van der Waals surface area contributed by atoms with Gasteiger partial charge < -0.3 is 14.7 Å². The van der Waals surface area contributed by atoms with Crippen LogP contribution in [0, 0.1) is 10.1 Å². The lowest BCUT2D eigenvalue weighted by Gasteiger charge is -2.01. The van der Waals surface area contributed by atoms with E-state index in [-0.39, 0.29) is 5.82 Å². The van der Waals surface area contributed by atoms with Crippen molar-refractivity contribution in [1.29, 1.82) is 0 Å². The summed E-state index contributed by atoms with van der Waals surface area (Å²) < 4.78 is 3.20. The fourth-order valence-electron chi connectivity index (χ4n) is 1.61. The molecule has 0 N–H and O–H groups in total. The lowest BCUT2D eigenvalue weighted by molar-refractivity contribution is -0.391. The van der Waals surface area contributed by atoms with Crippen LogP contribution in [0.5, 0.6) is 0 Å². The van der Waals surface area contributed by atoms with E-state index >= 15 is 0 Å². The number of nitro groups is 1. The molecular formula is C10H14N6O2S. The number of imidazole rings is 1. The lowest BCUT2D eigenvalue weighted by atomic mass is 10.5. The summed E-state index contributed by atoms with van der Waals surface area (Å²) >= 11 is 1.60. The smallest absolute Gasteiger partial charge is 0.343 e. The highest BCUT2D eigenvalue weighted by Crippen LogP contribution is 2.24. The minimum atomic E-state index is -0.473. The van der Waals surface area contributed by atoms with E-state index < -0.39 is 4.92 Å². The van der Waals surface area contributed by atoms with E-state index in [2.05, 4.69) is 22.1 Å². The predicted octanol–water partition coefficient (Wildman–Crippen LogP) is 1.63. The number of aromatic nitrogens is 5. The van der Waals surface area contributed by atoms with Crippen LogP contribution in [0.4, 0.5) is 5.82 Å². The lowest BCUT2D eigenvalue weighted by Crippen LogP contribution is -2.03. The van der Waals surface area contributed by atoms with Gasteiger partial charge in [0.25, 0.3) is 5.82 Å². The molecule has 0 saturated carbocycles. The molecule has 0 aliphatic heterocycles. The fraction of sp³-hybridized carbons (Fsp3) is 0.500. The van der Waals surface area contributed by atoms with Gasteiger partial charge in [-0.1, -0.05) is 18.7 Å². The summed E-state index contributed by atoms with van der Waals surface area (Å²) in [4.78, 5) is 14.4. The van der Waals surface area contributed by atoms with E-state index in [1.165, 1.54) is 10.8 Å². The molecule has 0 atom stereocenters. The highest BCUT2D eigenvalue weighted by atomic mass is 32.2. The van der Waals surface area contributed by atoms with Crippen LogP contribution in [-0.2, 0) is 14.1 Å². The molecule has 8 nitrogen and oxygen atoms in total. The molecule has 0 spiro atoms. The van der Waals surface area contributed by atoms with Gasteiger partial charge in [-0.2, -0.15) is 0 Å². The summed E-state index contributed by atoms with van der Waals surface area (Å²) in [5, 5.41) is 19.7. The van der Waals surface area contributed by atoms with Crippen molar-refractivity contribution in [1.82, 2.24) is 24.3 Å². The molecule has 0 fully saturated rings. The van der Waals surface area contributed by atoms with Crippen LogP contribution in [0.25, 0.3) is 11.6 Å². The Labute approximate surface area is 114 Å². The molecule has 102 valence electrons. The fourth-order valence-corrected chi connectivity index (χ4v) is 2.37. The highest BCUT2D eigenvalue weighted by molar-refractivity contribution is 7.99. The summed E-state index contributed by atoms with van der Waals surface area (Å²) in [5.74, 6) is 1.84. The first kappa shape index (κ1) is 13.5. The molecule has 0 saturated heterocycles. The standard InChI is InChI=1S/C10H14N6O2S/c1-4-5-19-10-13-12-9(15(10)3)8-11-6-7(14(8)2)16(17)18/h6H,4-5H2,1-3H3. The van der Waals surface area contributed by atoms with Gasteiger partial charge in [-0.25, -0.2) is 9.55 Å². The van der Waals surface area contributed by atoms with Gasteiger partial charge in [0.1, 0.15) is 6.20 Å². The second kappa shape index (κ2) is 5.39. The number of rotatable bonds is 5. The summed E-state index contributed by atoms with van der Waals surface area (Å²) in [6.45, 7) is 2.09. The van der Waals surface area contributed by atoms with E-state index in [0.717, 1.165) is 17.3 Å². The molecule has 0 aromatic carbocycles. The molecule has 2 rings (SSSR count). The molecule has 0 aliphatic rings. The number of hydrogen-bond donors (Lipinski definition) is 0. The zero-order chi connectivity index (χ0) is 14.0. The maximum absolute atomic E-state index is 10.8. The molecule has 0 amide bonds. The molecule has 9 heteroatoms. The van der Waals surface area contributed by atoms with E-state index in [0.29, 0.717) is 11.6 Å². The maximum atomic E-state index is 10.8. The molecule has 2 heterocycles. The minimum absolute atomic E-state index is 0.0687. The third-order valence-corrected chi connectivity index (χ3v) is 3.85. The van der Waals surface area contributed by atoms with Gasteiger partial charge in [0.2, 0.25) is 5.82 Å². The first-order valence-electron chi connectivity index (χ1n) is 5.75. The van der Waals surface area contributed by atoms with Crippen molar-refractivity contribution in [2.45, 2.75) is 18.5 Å². The van der Waals surface area contributed by atoms with Crippen molar-refractivity contribution in [2.24, 2.45) is 14.1 Å². The van der Waals surface area contributed by atoms with Crippen molar-refractivity contribution < 1.29 is 4.92 Å². The van der Waals surface area contributed by atoms with Gasteiger partial charge in [0.15, 0.2) is 5.16 Å². The average Bonchev–Trinajstić information content (AvgIpc) is 2.90. The van der Waals surface area contributed by atoms with Crippen molar-refractivity contribution in [3.8, 4) is 11.6 Å². The van der Waals surface area contributed by atoms with Crippen LogP contribution < -0.4 is 0 Å². The van der Waals surface area contributed by atoms with Crippen molar-refractivity contribution in [3.63, 3.8) is 0 Å². The Kier molecular flexibility index (Phi) is 3.84. The molecule has 2 aromatic rings. The number of hydrogen-bond acceptors (Lipinski definition) is 6. The Morgan fingerprint density at radius 1 is 1.32 bits per heavy atom. The van der Waals surface area contributed by atoms with Crippen LogP contribution in [0.2, 0.25) is 0 Å². The first-order chi connectivity index (χ1) is 9.06. The third-order valence-electron chi connectivity index (χ3n) is 2.62. The second-order valence-electron chi connectivity index (χ2n) is 3.97. The van der Waals surface area contributed by atoms with Gasteiger partial charge >= 0.3 is 5.82 Å². The van der Waals surface area contributed by atoms with Gasteiger partial charge in [-0.3, -0.25) is 0 Å². The number of thioether (sulfide) groups is 1. The monoisotopic (exact) mass is 282 g/mol. The van der Waals surface area contributed by atoms with Crippen molar-refractivity contribution in [2.75, 3.05) is 5.75 Å². The third kappa shape index (κ3) is 2.46. The summed E-state index contributed by atoms with van der Waals surface area (Å²) in [6.07, 6.45) is 2.27. The second-order valence-corrected chi connectivity index (χ2v) is 5.03. The topological polar surface area (TPSA) is 91.7 Å². The average molecular weight is 282 g/mol. The van der Waals surface area contributed by atoms with E-state index in [1.807, 2.05) is 7.05 Å². The van der Waals surface area contributed by atoms with Crippen LogP contribution in [0.3, 0.4) is 0 Å². The van der Waals surface area contributed by atoms with Gasteiger partial charge in [0.05, 0.1) is 7.05 Å². The Morgan fingerprint density at radius 2 is 2.05 bits per heavy atom. The molecule has 2 aromatic heterocycles. The van der Waals surface area contributed by atoms with E-state index in [9.17, 15) is 10.1 Å². The zero-order valence-corrected chi connectivity index (χ0v) is 11.7. The summed E-state index contributed by atoms with van der Waals surface area (Å²) in [7, 11) is 3.42. The predicted molar refractivity (Wildman–Crippen MR) is 70.9 cm³/mol. The highest BCUT2D eigenvalue weighted by Gasteiger charge is 2.23. The Morgan fingerprint density at radius 3 is 2.63 bits per heavy atom. The normalized spacial score (nSPS) is 10.9. The SMILES string of the molecule is CCCSc1nnc(-c2ncc([N+](=O)[O-])n2C)n1C. The van der Waals surface area contributed by atoms with Crippen molar-refractivity contribution >= 4 is 17.6 Å². The van der Waals surface area contributed by atoms with E-state index in [4.69, 9.17) is 0 Å². The minimum Gasteiger partial charge on any atom is -0.358 e. The summed E-state index contributed by atoms with van der Waals surface area (Å²) in [5.41, 5.74) is 0. The van der Waals surface area contributed by atoms with Gasteiger partial charge in [-0.15, -0.1) is 10.2 Å². The quantitative estimate of drug-likeness (QED) is 0.470. The van der Waals surface area contributed by atoms with Crippen molar-refractivity contribution in [3.05, 3.63) is 16.3 Å². The number of nitrogens with zero attached hydrogens (tertiary/aromatic N) is 6. The zero-order valence-electron chi connectivity index (χ0n) is 10.9. The Balaban J connectivity index is 2.37. The Hall–Kier alpha value is -1.90. The molecule has 19 heavy (non-hydrogen) atoms.